The summed E-state index contributed by atoms with van der Waals surface area (Å²) in [6, 6.07) is 3.09. The molecule has 1 aromatic heterocycles. The van der Waals surface area contributed by atoms with E-state index in [-0.39, 0.29) is 16.7 Å². The number of nitrogens with zero attached hydrogens (tertiary/aromatic N) is 2. The normalized spacial score (nSPS) is 16.7. The molecule has 2 rings (SSSR count). The van der Waals surface area contributed by atoms with E-state index in [0.717, 1.165) is 11.3 Å². The molecule has 0 atom stereocenters. The van der Waals surface area contributed by atoms with E-state index in [2.05, 4.69) is 5.32 Å². The Bertz CT molecular complexity index is 627. The summed E-state index contributed by atoms with van der Waals surface area (Å²) in [6.07, 6.45) is 0. The van der Waals surface area contributed by atoms with E-state index in [9.17, 15) is 13.2 Å². The number of ether oxygens (including phenoxy) is 1. The summed E-state index contributed by atoms with van der Waals surface area (Å²) >= 11 is 6.85. The molecule has 1 fully saturated rings. The molecule has 0 unspecified atom stereocenters. The van der Waals surface area contributed by atoms with Gasteiger partial charge in [-0.1, -0.05) is 11.6 Å². The predicted molar refractivity (Wildman–Crippen MR) is 89.4 cm³/mol. The Hall–Kier alpha value is -0.710. The number of carbonyl (C=O) groups excluding carboxylic acids is 1. The van der Waals surface area contributed by atoms with E-state index in [1.807, 2.05) is 0 Å². The highest BCUT2D eigenvalue weighted by Crippen LogP contribution is 2.28. The number of sulfonamides is 1. The number of hydrogen-bond acceptors (Lipinski definition) is 6. The molecular weight excluding hydrogens is 362 g/mol. The first kappa shape index (κ1) is 18.6. The maximum Gasteiger partial charge on any atom is 0.252 e. The average Bonchev–Trinajstić information content (AvgIpc) is 2.99. The van der Waals surface area contributed by atoms with Crippen LogP contribution >= 0.6 is 22.9 Å². The zero-order valence-electron chi connectivity index (χ0n) is 12.8. The first-order valence-corrected chi connectivity index (χ1v) is 9.81. The van der Waals surface area contributed by atoms with Crippen LogP contribution in [0.2, 0.25) is 4.34 Å². The second-order valence-corrected chi connectivity index (χ2v) is 8.89. The molecule has 1 saturated heterocycles. The SMILES string of the molecule is COCCNCC(=O)N1CCN(S(=O)(=O)c2ccc(Cl)s2)CC1. The number of rotatable bonds is 7. The Balaban J connectivity index is 1.85. The lowest BCUT2D eigenvalue weighted by molar-refractivity contribution is -0.131. The molecule has 0 aromatic carbocycles. The van der Waals surface area contributed by atoms with E-state index in [4.69, 9.17) is 16.3 Å². The smallest absolute Gasteiger partial charge is 0.252 e. The molecule has 1 amide bonds. The Morgan fingerprint density at radius 2 is 2.04 bits per heavy atom. The number of hydrogen-bond donors (Lipinski definition) is 1. The maximum atomic E-state index is 12.5. The Kier molecular flexibility index (Phi) is 6.81. The maximum absolute atomic E-state index is 12.5. The van der Waals surface area contributed by atoms with Gasteiger partial charge < -0.3 is 15.0 Å². The molecule has 10 heteroatoms. The van der Waals surface area contributed by atoms with E-state index in [0.29, 0.717) is 43.7 Å². The largest absolute Gasteiger partial charge is 0.383 e. The molecule has 1 aromatic rings. The number of amides is 1. The van der Waals surface area contributed by atoms with Gasteiger partial charge in [-0.05, 0) is 12.1 Å². The number of carbonyl (C=O) groups is 1. The van der Waals surface area contributed by atoms with Crippen molar-refractivity contribution in [2.24, 2.45) is 0 Å². The van der Waals surface area contributed by atoms with E-state index in [1.54, 1.807) is 18.1 Å². The van der Waals surface area contributed by atoms with Crippen molar-refractivity contribution in [2.45, 2.75) is 4.21 Å². The van der Waals surface area contributed by atoms with Crippen LogP contribution in [0.4, 0.5) is 0 Å². The molecule has 1 aliphatic heterocycles. The quantitative estimate of drug-likeness (QED) is 0.694. The number of methoxy groups -OCH3 is 1. The van der Waals surface area contributed by atoms with Crippen molar-refractivity contribution < 1.29 is 17.9 Å². The molecule has 0 spiro atoms. The minimum absolute atomic E-state index is 0.0303. The van der Waals surface area contributed by atoms with Gasteiger partial charge in [0.2, 0.25) is 5.91 Å². The van der Waals surface area contributed by atoms with Crippen molar-refractivity contribution in [3.63, 3.8) is 0 Å². The van der Waals surface area contributed by atoms with Crippen LogP contribution in [0, 0.1) is 0 Å². The van der Waals surface area contributed by atoms with Crippen molar-refractivity contribution in [1.82, 2.24) is 14.5 Å². The minimum Gasteiger partial charge on any atom is -0.383 e. The van der Waals surface area contributed by atoms with Gasteiger partial charge in [-0.2, -0.15) is 4.31 Å². The fourth-order valence-electron chi connectivity index (χ4n) is 2.22. The zero-order chi connectivity index (χ0) is 16.9. The van der Waals surface area contributed by atoms with E-state index >= 15 is 0 Å². The highest BCUT2D eigenvalue weighted by molar-refractivity contribution is 7.91. The van der Waals surface area contributed by atoms with Crippen molar-refractivity contribution in [3.05, 3.63) is 16.5 Å². The summed E-state index contributed by atoms with van der Waals surface area (Å²) in [5.41, 5.74) is 0. The highest BCUT2D eigenvalue weighted by Gasteiger charge is 2.30. The molecule has 23 heavy (non-hydrogen) atoms. The van der Waals surface area contributed by atoms with Crippen LogP contribution in [-0.4, -0.2) is 76.5 Å². The average molecular weight is 382 g/mol. The molecule has 2 heterocycles. The number of piperazine rings is 1. The topological polar surface area (TPSA) is 79.0 Å². The summed E-state index contributed by atoms with van der Waals surface area (Å²) in [5, 5.41) is 2.99. The van der Waals surface area contributed by atoms with Crippen LogP contribution in [0.25, 0.3) is 0 Å². The summed E-state index contributed by atoms with van der Waals surface area (Å²) in [6.45, 7) is 2.75. The molecular formula is C13H20ClN3O4S2. The summed E-state index contributed by atoms with van der Waals surface area (Å²) < 4.78 is 31.9. The van der Waals surface area contributed by atoms with Gasteiger partial charge in [-0.25, -0.2) is 8.42 Å². The third-order valence-electron chi connectivity index (χ3n) is 3.49. The predicted octanol–water partition coefficient (Wildman–Crippen LogP) is 0.470. The van der Waals surface area contributed by atoms with E-state index < -0.39 is 10.0 Å². The first-order valence-electron chi connectivity index (χ1n) is 7.18. The lowest BCUT2D eigenvalue weighted by atomic mass is 10.3. The minimum atomic E-state index is -3.52. The fraction of sp³-hybridized carbons (Fsp3) is 0.615. The molecule has 0 saturated carbocycles. The van der Waals surface area contributed by atoms with Gasteiger partial charge in [-0.3, -0.25) is 4.79 Å². The van der Waals surface area contributed by atoms with Gasteiger partial charge >= 0.3 is 0 Å². The Morgan fingerprint density at radius 3 is 2.61 bits per heavy atom. The highest BCUT2D eigenvalue weighted by atomic mass is 35.5. The van der Waals surface area contributed by atoms with Crippen LogP contribution in [0.15, 0.2) is 16.3 Å². The van der Waals surface area contributed by atoms with Gasteiger partial charge in [-0.15, -0.1) is 11.3 Å². The standard InChI is InChI=1S/C13H20ClN3O4S2/c1-21-9-4-15-10-12(18)16-5-7-17(8-6-16)23(19,20)13-3-2-11(14)22-13/h2-3,15H,4-10H2,1H3. The van der Waals surface area contributed by atoms with Crippen LogP contribution in [-0.2, 0) is 19.6 Å². The zero-order valence-corrected chi connectivity index (χ0v) is 15.2. The number of thiophene rings is 1. The summed E-state index contributed by atoms with van der Waals surface area (Å²) in [4.78, 5) is 13.7. The molecule has 1 N–H and O–H groups in total. The molecule has 130 valence electrons. The van der Waals surface area contributed by atoms with Crippen molar-refractivity contribution in [1.29, 1.82) is 0 Å². The van der Waals surface area contributed by atoms with E-state index in [1.165, 1.54) is 10.4 Å². The lowest BCUT2D eigenvalue weighted by Crippen LogP contribution is -2.52. The lowest BCUT2D eigenvalue weighted by Gasteiger charge is -2.33. The van der Waals surface area contributed by atoms with Gasteiger partial charge in [0.05, 0.1) is 17.5 Å². The second kappa shape index (κ2) is 8.41. The van der Waals surface area contributed by atoms with Crippen LogP contribution < -0.4 is 5.32 Å². The van der Waals surface area contributed by atoms with Crippen LogP contribution in [0.5, 0.6) is 0 Å². The van der Waals surface area contributed by atoms with Gasteiger partial charge in [0, 0.05) is 39.8 Å². The third kappa shape index (κ3) is 4.88. The van der Waals surface area contributed by atoms with Gasteiger partial charge in [0.1, 0.15) is 4.21 Å². The molecule has 0 radical (unpaired) electrons. The van der Waals surface area contributed by atoms with Gasteiger partial charge in [0.25, 0.3) is 10.0 Å². The fourth-order valence-corrected chi connectivity index (χ4v) is 5.28. The summed E-state index contributed by atoms with van der Waals surface area (Å²) in [7, 11) is -1.92. The molecule has 1 aliphatic rings. The van der Waals surface area contributed by atoms with Crippen LogP contribution in [0.1, 0.15) is 0 Å². The number of halogens is 1. The van der Waals surface area contributed by atoms with Crippen LogP contribution in [0.3, 0.4) is 0 Å². The number of nitrogens with one attached hydrogen (secondary N) is 1. The van der Waals surface area contributed by atoms with Gasteiger partial charge in [0.15, 0.2) is 0 Å². The summed E-state index contributed by atoms with van der Waals surface area (Å²) in [5.74, 6) is -0.0303. The van der Waals surface area contributed by atoms with Crippen molar-refractivity contribution >= 4 is 38.9 Å². The first-order chi connectivity index (χ1) is 10.9. The monoisotopic (exact) mass is 381 g/mol. The van der Waals surface area contributed by atoms with Crippen molar-refractivity contribution in [3.8, 4) is 0 Å². The molecule has 0 aliphatic carbocycles. The Labute approximate surface area is 145 Å². The second-order valence-electron chi connectivity index (χ2n) is 5.01. The molecule has 0 bridgehead atoms. The Morgan fingerprint density at radius 1 is 1.35 bits per heavy atom. The van der Waals surface area contributed by atoms with Crippen molar-refractivity contribution in [2.75, 3.05) is 53.0 Å². The third-order valence-corrected chi connectivity index (χ3v) is 7.09. The molecule has 7 nitrogen and oxygen atoms in total.